The molecule has 0 atom stereocenters. The Morgan fingerprint density at radius 3 is 2.64 bits per heavy atom. The highest BCUT2D eigenvalue weighted by atomic mass is 35.5. The number of hydrogen-bond donors (Lipinski definition) is 1. The van der Waals surface area contributed by atoms with Crippen molar-refractivity contribution in [2.75, 3.05) is 12.4 Å². The van der Waals surface area contributed by atoms with E-state index in [1.54, 1.807) is 30.3 Å². The summed E-state index contributed by atoms with van der Waals surface area (Å²) in [5.41, 5.74) is 3.90. The number of aromatic nitrogens is 3. The Morgan fingerprint density at radius 2 is 1.92 bits per heavy atom. The van der Waals surface area contributed by atoms with Crippen LogP contribution in [0.3, 0.4) is 0 Å². The van der Waals surface area contributed by atoms with Crippen molar-refractivity contribution in [1.82, 2.24) is 14.8 Å². The highest BCUT2D eigenvalue weighted by molar-refractivity contribution is 7.15. The van der Waals surface area contributed by atoms with Crippen molar-refractivity contribution >= 4 is 40.1 Å². The Labute approximate surface area is 234 Å². The van der Waals surface area contributed by atoms with E-state index in [-0.39, 0.29) is 5.57 Å². The SMILES string of the molecule is COc1ccc(-c2nn(-c3ccccc3)cc2C=C(C#N)C(=O)Nc2ncc(Cc3cccc(Cl)c3)s2)cc1. The van der Waals surface area contributed by atoms with Crippen molar-refractivity contribution in [2.24, 2.45) is 0 Å². The molecule has 0 unspecified atom stereocenters. The van der Waals surface area contributed by atoms with E-state index in [1.807, 2.05) is 84.9 Å². The molecule has 0 spiro atoms. The van der Waals surface area contributed by atoms with Crippen molar-refractivity contribution in [3.63, 3.8) is 0 Å². The van der Waals surface area contributed by atoms with Crippen molar-refractivity contribution < 1.29 is 9.53 Å². The molecule has 0 bridgehead atoms. The third-order valence-corrected chi connectivity index (χ3v) is 6.98. The van der Waals surface area contributed by atoms with Gasteiger partial charge in [0.25, 0.3) is 5.91 Å². The number of carbonyl (C=O) groups is 1. The first-order valence-corrected chi connectivity index (χ1v) is 13.1. The summed E-state index contributed by atoms with van der Waals surface area (Å²) >= 11 is 7.43. The molecule has 5 rings (SSSR count). The summed E-state index contributed by atoms with van der Waals surface area (Å²) in [4.78, 5) is 18.3. The summed E-state index contributed by atoms with van der Waals surface area (Å²) in [6.07, 6.45) is 5.69. The van der Waals surface area contributed by atoms with Gasteiger partial charge in [0, 0.05) is 39.8 Å². The zero-order chi connectivity index (χ0) is 27.2. The number of para-hydroxylation sites is 1. The summed E-state index contributed by atoms with van der Waals surface area (Å²) in [5.74, 6) is 0.169. The van der Waals surface area contributed by atoms with Gasteiger partial charge in [-0.15, -0.1) is 11.3 Å². The van der Waals surface area contributed by atoms with Gasteiger partial charge in [0.15, 0.2) is 5.13 Å². The fraction of sp³-hybridized carbons (Fsp3) is 0.0667. The number of nitrogens with zero attached hydrogens (tertiary/aromatic N) is 4. The zero-order valence-corrected chi connectivity index (χ0v) is 22.4. The Hall–Kier alpha value is -4.71. The van der Waals surface area contributed by atoms with Crippen LogP contribution in [0.15, 0.2) is 96.8 Å². The number of rotatable bonds is 8. The van der Waals surface area contributed by atoms with Crippen molar-refractivity contribution in [1.29, 1.82) is 5.26 Å². The molecule has 9 heteroatoms. The molecule has 0 saturated carbocycles. The lowest BCUT2D eigenvalue weighted by atomic mass is 10.1. The predicted octanol–water partition coefficient (Wildman–Crippen LogP) is 6.79. The van der Waals surface area contributed by atoms with Crippen LogP contribution < -0.4 is 10.1 Å². The molecule has 3 aromatic carbocycles. The van der Waals surface area contributed by atoms with Crippen molar-refractivity contribution in [2.45, 2.75) is 6.42 Å². The average Bonchev–Trinajstić information content (AvgIpc) is 3.59. The van der Waals surface area contributed by atoms with Crippen LogP contribution in [-0.2, 0) is 11.2 Å². The summed E-state index contributed by atoms with van der Waals surface area (Å²) < 4.78 is 7.00. The standard InChI is InChI=1S/C30H22ClN5O2S/c1-38-26-12-10-21(11-13-26)28-23(19-36(35-28)25-8-3-2-4-9-25)16-22(17-32)29(37)34-30-33-18-27(39-30)15-20-6-5-7-24(31)14-20/h2-14,16,18-19H,15H2,1H3,(H,33,34,37). The molecule has 2 heterocycles. The number of carbonyl (C=O) groups excluding carboxylic acids is 1. The number of halogens is 1. The molecule has 192 valence electrons. The van der Waals surface area contributed by atoms with Gasteiger partial charge in [-0.1, -0.05) is 41.9 Å². The summed E-state index contributed by atoms with van der Waals surface area (Å²) in [6, 6.07) is 26.7. The van der Waals surface area contributed by atoms with E-state index in [4.69, 9.17) is 21.4 Å². The topological polar surface area (TPSA) is 92.8 Å². The molecule has 39 heavy (non-hydrogen) atoms. The van der Waals surface area contributed by atoms with E-state index >= 15 is 0 Å². The number of nitriles is 1. The molecule has 7 nitrogen and oxygen atoms in total. The molecule has 0 aliphatic rings. The minimum absolute atomic E-state index is 0.0658. The van der Waals surface area contributed by atoms with Crippen LogP contribution in [-0.4, -0.2) is 27.8 Å². The smallest absolute Gasteiger partial charge is 0.268 e. The molecule has 0 saturated heterocycles. The van der Waals surface area contributed by atoms with Crippen LogP contribution in [0, 0.1) is 11.3 Å². The maximum absolute atomic E-state index is 13.1. The van der Waals surface area contributed by atoms with Crippen LogP contribution in [0.5, 0.6) is 5.75 Å². The highest BCUT2D eigenvalue weighted by Crippen LogP contribution is 2.28. The molecule has 2 aromatic heterocycles. The predicted molar refractivity (Wildman–Crippen MR) is 154 cm³/mol. The van der Waals surface area contributed by atoms with Crippen LogP contribution >= 0.6 is 22.9 Å². The average molecular weight is 552 g/mol. The number of ether oxygens (including phenoxy) is 1. The monoisotopic (exact) mass is 551 g/mol. The number of anilines is 1. The van der Waals surface area contributed by atoms with Crippen molar-refractivity contribution in [3.05, 3.63) is 118 Å². The van der Waals surface area contributed by atoms with E-state index in [0.29, 0.717) is 33.6 Å². The lowest BCUT2D eigenvalue weighted by Gasteiger charge is -2.03. The molecular weight excluding hydrogens is 530 g/mol. The van der Waals surface area contributed by atoms with Gasteiger partial charge in [-0.25, -0.2) is 9.67 Å². The molecule has 0 aliphatic carbocycles. The summed E-state index contributed by atoms with van der Waals surface area (Å²) in [7, 11) is 1.60. The summed E-state index contributed by atoms with van der Waals surface area (Å²) in [5, 5.41) is 18.4. The van der Waals surface area contributed by atoms with Crippen LogP contribution in [0.1, 0.15) is 16.0 Å². The quantitative estimate of drug-likeness (QED) is 0.169. The Balaban J connectivity index is 1.42. The lowest BCUT2D eigenvalue weighted by molar-refractivity contribution is -0.112. The van der Waals surface area contributed by atoms with Crippen LogP contribution in [0.2, 0.25) is 5.02 Å². The summed E-state index contributed by atoms with van der Waals surface area (Å²) in [6.45, 7) is 0. The molecule has 0 fully saturated rings. The highest BCUT2D eigenvalue weighted by Gasteiger charge is 2.17. The zero-order valence-electron chi connectivity index (χ0n) is 20.8. The van der Waals surface area contributed by atoms with Crippen LogP contribution in [0.25, 0.3) is 23.0 Å². The Bertz CT molecular complexity index is 1680. The maximum Gasteiger partial charge on any atom is 0.268 e. The number of benzene rings is 3. The molecule has 0 aliphatic heterocycles. The van der Waals surface area contributed by atoms with Gasteiger partial charge < -0.3 is 4.74 Å². The van der Waals surface area contributed by atoms with Crippen molar-refractivity contribution in [3.8, 4) is 28.8 Å². The second-order valence-electron chi connectivity index (χ2n) is 8.50. The van der Waals surface area contributed by atoms with E-state index in [9.17, 15) is 10.1 Å². The second-order valence-corrected chi connectivity index (χ2v) is 10.1. The van der Waals surface area contributed by atoms with Crippen LogP contribution in [0.4, 0.5) is 5.13 Å². The number of hydrogen-bond acceptors (Lipinski definition) is 6. The lowest BCUT2D eigenvalue weighted by Crippen LogP contribution is -2.13. The van der Waals surface area contributed by atoms with Gasteiger partial charge in [0.2, 0.25) is 0 Å². The van der Waals surface area contributed by atoms with E-state index in [1.165, 1.54) is 11.3 Å². The first-order chi connectivity index (χ1) is 19.0. The second kappa shape index (κ2) is 11.8. The van der Waals surface area contributed by atoms with Gasteiger partial charge in [-0.05, 0) is 60.2 Å². The van der Waals surface area contributed by atoms with E-state index in [0.717, 1.165) is 21.7 Å². The maximum atomic E-state index is 13.1. The normalized spacial score (nSPS) is 11.2. The third kappa shape index (κ3) is 6.24. The van der Waals surface area contributed by atoms with Gasteiger partial charge in [-0.3, -0.25) is 10.1 Å². The first-order valence-electron chi connectivity index (χ1n) is 11.9. The molecule has 1 N–H and O–H groups in total. The first kappa shape index (κ1) is 25.9. The fourth-order valence-corrected chi connectivity index (χ4v) is 5.00. The molecule has 0 radical (unpaired) electrons. The number of amides is 1. The number of nitrogens with one attached hydrogen (secondary N) is 1. The fourth-order valence-electron chi connectivity index (χ4n) is 3.94. The Kier molecular flexibility index (Phi) is 7.83. The number of methoxy groups -OCH3 is 1. The molecule has 1 amide bonds. The van der Waals surface area contributed by atoms with Gasteiger partial charge in [0.05, 0.1) is 18.5 Å². The number of thiazole rings is 1. The largest absolute Gasteiger partial charge is 0.497 e. The van der Waals surface area contributed by atoms with Gasteiger partial charge in [-0.2, -0.15) is 10.4 Å². The van der Waals surface area contributed by atoms with E-state index < -0.39 is 5.91 Å². The minimum Gasteiger partial charge on any atom is -0.497 e. The minimum atomic E-state index is -0.547. The van der Waals surface area contributed by atoms with Gasteiger partial charge in [0.1, 0.15) is 17.4 Å². The van der Waals surface area contributed by atoms with Gasteiger partial charge >= 0.3 is 0 Å². The Morgan fingerprint density at radius 1 is 1.13 bits per heavy atom. The molecule has 5 aromatic rings. The van der Waals surface area contributed by atoms with E-state index in [2.05, 4.69) is 10.3 Å². The molecular formula is C30H22ClN5O2S. The third-order valence-electron chi connectivity index (χ3n) is 5.83.